The molecule has 3 heterocycles. The molecule has 0 aliphatic carbocycles. The third-order valence-corrected chi connectivity index (χ3v) is 4.78. The lowest BCUT2D eigenvalue weighted by molar-refractivity contribution is -0.134. The van der Waals surface area contributed by atoms with Gasteiger partial charge in [0.1, 0.15) is 5.82 Å². The number of aromatic amines is 1. The van der Waals surface area contributed by atoms with Gasteiger partial charge in [-0.15, -0.1) is 0 Å². The molecule has 134 valence electrons. The molecule has 6 nitrogen and oxygen atoms in total. The Kier molecular flexibility index (Phi) is 4.73. The first-order chi connectivity index (χ1) is 12.8. The van der Waals surface area contributed by atoms with Gasteiger partial charge in [-0.3, -0.25) is 4.79 Å². The average molecular weight is 350 g/mol. The molecule has 1 aliphatic heterocycles. The first kappa shape index (κ1) is 16.4. The molecule has 1 unspecified atom stereocenters. The maximum atomic E-state index is 10.9. The highest BCUT2D eigenvalue weighted by Gasteiger charge is 2.25. The molecule has 26 heavy (non-hydrogen) atoms. The quantitative estimate of drug-likeness (QED) is 0.664. The predicted molar refractivity (Wildman–Crippen MR) is 102 cm³/mol. The van der Waals surface area contributed by atoms with E-state index in [1.165, 1.54) is 5.56 Å². The van der Waals surface area contributed by atoms with Crippen LogP contribution in [-0.4, -0.2) is 29.2 Å². The third kappa shape index (κ3) is 3.35. The highest BCUT2D eigenvalue weighted by atomic mass is 16.5. The van der Waals surface area contributed by atoms with Crippen molar-refractivity contribution in [2.75, 3.05) is 16.8 Å². The van der Waals surface area contributed by atoms with Crippen molar-refractivity contribution in [3.8, 4) is 0 Å². The molecule has 0 bridgehead atoms. The van der Waals surface area contributed by atoms with Crippen LogP contribution in [0.4, 0.5) is 11.6 Å². The normalized spacial score (nSPS) is 17.2. The standard InChI is InChI=1S/C20H22N4O2/c25-14-26-18-8-4-5-11-24(18)17-12-16-9-10-21-19(16)20(23-17)22-13-15-6-2-1-3-7-15/h1-3,6-7,9-10,12,14,18,21H,4-5,8,11,13H2,(H,22,23). The van der Waals surface area contributed by atoms with Gasteiger partial charge in [0.25, 0.3) is 6.47 Å². The number of benzene rings is 1. The van der Waals surface area contributed by atoms with Crippen molar-refractivity contribution in [2.45, 2.75) is 32.0 Å². The molecule has 6 heteroatoms. The Bertz CT molecular complexity index is 878. The molecule has 0 spiro atoms. The maximum Gasteiger partial charge on any atom is 0.295 e. The minimum absolute atomic E-state index is 0.243. The Morgan fingerprint density at radius 2 is 2.15 bits per heavy atom. The first-order valence-corrected chi connectivity index (χ1v) is 8.97. The second-order valence-corrected chi connectivity index (χ2v) is 6.49. The summed E-state index contributed by atoms with van der Waals surface area (Å²) < 4.78 is 5.29. The topological polar surface area (TPSA) is 70.2 Å². The fourth-order valence-corrected chi connectivity index (χ4v) is 3.47. The number of H-pyrrole nitrogens is 1. The lowest BCUT2D eigenvalue weighted by Crippen LogP contribution is -2.41. The molecule has 3 aromatic rings. The van der Waals surface area contributed by atoms with Crippen LogP contribution in [0.2, 0.25) is 0 Å². The number of hydrogen-bond acceptors (Lipinski definition) is 5. The minimum atomic E-state index is -0.243. The van der Waals surface area contributed by atoms with Crippen molar-refractivity contribution in [2.24, 2.45) is 0 Å². The Hall–Kier alpha value is -3.02. The van der Waals surface area contributed by atoms with E-state index in [1.54, 1.807) is 0 Å². The third-order valence-electron chi connectivity index (χ3n) is 4.78. The number of hydrogen-bond donors (Lipinski definition) is 2. The van der Waals surface area contributed by atoms with Gasteiger partial charge in [-0.25, -0.2) is 4.98 Å². The van der Waals surface area contributed by atoms with Crippen LogP contribution >= 0.6 is 0 Å². The average Bonchev–Trinajstić information content (AvgIpc) is 3.16. The highest BCUT2D eigenvalue weighted by Crippen LogP contribution is 2.30. The second-order valence-electron chi connectivity index (χ2n) is 6.49. The van der Waals surface area contributed by atoms with Gasteiger partial charge in [0.2, 0.25) is 0 Å². The van der Waals surface area contributed by atoms with Crippen molar-refractivity contribution in [3.05, 3.63) is 54.2 Å². The molecule has 2 aromatic heterocycles. The van der Waals surface area contributed by atoms with Crippen LogP contribution in [0.15, 0.2) is 48.7 Å². The summed E-state index contributed by atoms with van der Waals surface area (Å²) in [6.45, 7) is 2.06. The number of piperidine rings is 1. The number of anilines is 2. The number of rotatable bonds is 6. The van der Waals surface area contributed by atoms with Crippen molar-refractivity contribution >= 4 is 29.0 Å². The molecule has 1 aromatic carbocycles. The van der Waals surface area contributed by atoms with Gasteiger partial charge in [-0.1, -0.05) is 30.3 Å². The molecular weight excluding hydrogens is 328 g/mol. The lowest BCUT2D eigenvalue weighted by atomic mass is 10.1. The predicted octanol–water partition coefficient (Wildman–Crippen LogP) is 3.66. The van der Waals surface area contributed by atoms with E-state index in [0.717, 1.165) is 48.3 Å². The zero-order valence-electron chi connectivity index (χ0n) is 14.5. The Balaban J connectivity index is 1.64. The zero-order chi connectivity index (χ0) is 17.8. The molecular formula is C20H22N4O2. The van der Waals surface area contributed by atoms with Crippen molar-refractivity contribution in [3.63, 3.8) is 0 Å². The number of fused-ring (bicyclic) bond motifs is 1. The molecule has 1 saturated heterocycles. The SMILES string of the molecule is O=COC1CCCCN1c1cc2cc[nH]c2c(NCc2ccccc2)n1. The smallest absolute Gasteiger partial charge is 0.295 e. The van der Waals surface area contributed by atoms with Crippen LogP contribution in [0, 0.1) is 0 Å². The van der Waals surface area contributed by atoms with Gasteiger partial charge in [-0.2, -0.15) is 0 Å². The van der Waals surface area contributed by atoms with Gasteiger partial charge >= 0.3 is 0 Å². The minimum Gasteiger partial charge on any atom is -0.444 e. The van der Waals surface area contributed by atoms with Gasteiger partial charge in [0.05, 0.1) is 5.52 Å². The summed E-state index contributed by atoms with van der Waals surface area (Å²) in [5.74, 6) is 1.64. The summed E-state index contributed by atoms with van der Waals surface area (Å²) >= 11 is 0. The molecule has 1 aliphatic rings. The molecule has 0 saturated carbocycles. The molecule has 0 amide bonds. The highest BCUT2D eigenvalue weighted by molar-refractivity contribution is 5.91. The largest absolute Gasteiger partial charge is 0.444 e. The van der Waals surface area contributed by atoms with E-state index in [2.05, 4.69) is 27.3 Å². The summed E-state index contributed by atoms with van der Waals surface area (Å²) in [6.07, 6.45) is 4.63. The monoisotopic (exact) mass is 350 g/mol. The fraction of sp³-hybridized carbons (Fsp3) is 0.300. The van der Waals surface area contributed by atoms with Crippen LogP contribution in [0.25, 0.3) is 10.9 Å². The summed E-state index contributed by atoms with van der Waals surface area (Å²) in [4.78, 5) is 21.0. The van der Waals surface area contributed by atoms with Crippen LogP contribution in [0.1, 0.15) is 24.8 Å². The summed E-state index contributed by atoms with van der Waals surface area (Å²) in [7, 11) is 0. The van der Waals surface area contributed by atoms with Crippen LogP contribution in [-0.2, 0) is 16.1 Å². The first-order valence-electron chi connectivity index (χ1n) is 8.97. The van der Waals surface area contributed by atoms with Gasteiger partial charge in [-0.05, 0) is 30.5 Å². The second kappa shape index (κ2) is 7.47. The van der Waals surface area contributed by atoms with E-state index >= 15 is 0 Å². The van der Waals surface area contributed by atoms with Crippen molar-refractivity contribution in [1.82, 2.24) is 9.97 Å². The molecule has 0 radical (unpaired) electrons. The van der Waals surface area contributed by atoms with Gasteiger partial charge < -0.3 is 19.9 Å². The van der Waals surface area contributed by atoms with Crippen LogP contribution in [0.3, 0.4) is 0 Å². The van der Waals surface area contributed by atoms with E-state index in [4.69, 9.17) is 9.72 Å². The number of carbonyl (C=O) groups is 1. The summed E-state index contributed by atoms with van der Waals surface area (Å²) in [6, 6.07) is 14.3. The summed E-state index contributed by atoms with van der Waals surface area (Å²) in [5.41, 5.74) is 2.18. The lowest BCUT2D eigenvalue weighted by Gasteiger charge is -2.35. The van der Waals surface area contributed by atoms with E-state index in [0.29, 0.717) is 13.0 Å². The number of carbonyl (C=O) groups excluding carboxylic acids is 1. The van der Waals surface area contributed by atoms with Crippen LogP contribution in [0.5, 0.6) is 0 Å². The van der Waals surface area contributed by atoms with E-state index < -0.39 is 0 Å². The number of nitrogens with zero attached hydrogens (tertiary/aromatic N) is 2. The molecule has 1 fully saturated rings. The maximum absolute atomic E-state index is 10.9. The number of pyridine rings is 1. The summed E-state index contributed by atoms with van der Waals surface area (Å²) in [5, 5.41) is 4.52. The Morgan fingerprint density at radius 3 is 3.00 bits per heavy atom. The molecule has 1 atom stereocenters. The van der Waals surface area contributed by atoms with Crippen molar-refractivity contribution in [1.29, 1.82) is 0 Å². The number of ether oxygens (including phenoxy) is 1. The molecule has 4 rings (SSSR count). The Labute approximate surface area is 152 Å². The molecule has 2 N–H and O–H groups in total. The van der Waals surface area contributed by atoms with E-state index in [-0.39, 0.29) is 6.23 Å². The van der Waals surface area contributed by atoms with Gasteiger partial charge in [0, 0.05) is 31.1 Å². The van der Waals surface area contributed by atoms with Gasteiger partial charge in [0.15, 0.2) is 12.0 Å². The zero-order valence-corrected chi connectivity index (χ0v) is 14.5. The van der Waals surface area contributed by atoms with Crippen molar-refractivity contribution < 1.29 is 9.53 Å². The number of nitrogens with one attached hydrogen (secondary N) is 2. The van der Waals surface area contributed by atoms with Crippen LogP contribution < -0.4 is 10.2 Å². The Morgan fingerprint density at radius 1 is 1.27 bits per heavy atom. The van der Waals surface area contributed by atoms with E-state index in [1.807, 2.05) is 36.5 Å². The fourth-order valence-electron chi connectivity index (χ4n) is 3.47. The number of aromatic nitrogens is 2. The van der Waals surface area contributed by atoms with E-state index in [9.17, 15) is 4.79 Å².